The second-order valence-corrected chi connectivity index (χ2v) is 2.97. The molecule has 6 heteroatoms. The van der Waals surface area contributed by atoms with E-state index in [4.69, 9.17) is 0 Å². The minimum Gasteiger partial charge on any atom is -0.350 e. The van der Waals surface area contributed by atoms with E-state index in [-0.39, 0.29) is 18.7 Å². The molecule has 86 valence electrons. The van der Waals surface area contributed by atoms with E-state index in [0.717, 1.165) is 0 Å². The van der Waals surface area contributed by atoms with Crippen molar-refractivity contribution in [2.75, 3.05) is 20.6 Å². The lowest BCUT2D eigenvalue weighted by Crippen LogP contribution is -2.32. The van der Waals surface area contributed by atoms with Crippen molar-refractivity contribution in [3.63, 3.8) is 0 Å². The standard InChI is InChI=1S/C9H15F2N3O/c1-4-7(13-14(2)3)9(15)12-6-5-8(10)11/h4,8H,1,5-6H2,2-3H3,(H,12,15)/b13-7+. The van der Waals surface area contributed by atoms with Crippen LogP contribution in [0.15, 0.2) is 17.8 Å². The van der Waals surface area contributed by atoms with Crippen LogP contribution in [-0.4, -0.2) is 43.7 Å². The minimum atomic E-state index is -2.41. The van der Waals surface area contributed by atoms with Crippen molar-refractivity contribution in [1.82, 2.24) is 10.3 Å². The van der Waals surface area contributed by atoms with Crippen LogP contribution in [0.5, 0.6) is 0 Å². The predicted molar refractivity (Wildman–Crippen MR) is 54.9 cm³/mol. The van der Waals surface area contributed by atoms with Crippen molar-refractivity contribution < 1.29 is 13.6 Å². The van der Waals surface area contributed by atoms with E-state index in [1.165, 1.54) is 11.1 Å². The van der Waals surface area contributed by atoms with E-state index >= 15 is 0 Å². The van der Waals surface area contributed by atoms with Gasteiger partial charge in [-0.1, -0.05) is 6.58 Å². The summed E-state index contributed by atoms with van der Waals surface area (Å²) in [5.41, 5.74) is 0.106. The molecular formula is C9H15F2N3O. The van der Waals surface area contributed by atoms with E-state index in [9.17, 15) is 13.6 Å². The van der Waals surface area contributed by atoms with Crippen LogP contribution in [0.4, 0.5) is 8.78 Å². The highest BCUT2D eigenvalue weighted by Crippen LogP contribution is 1.96. The molecule has 15 heavy (non-hydrogen) atoms. The Morgan fingerprint density at radius 1 is 1.60 bits per heavy atom. The lowest BCUT2D eigenvalue weighted by atomic mass is 10.3. The van der Waals surface area contributed by atoms with Gasteiger partial charge in [0.2, 0.25) is 6.43 Å². The Labute approximate surface area is 87.6 Å². The molecule has 0 saturated heterocycles. The molecule has 4 nitrogen and oxygen atoms in total. The molecule has 0 atom stereocenters. The Morgan fingerprint density at radius 3 is 2.60 bits per heavy atom. The van der Waals surface area contributed by atoms with Gasteiger partial charge in [-0.2, -0.15) is 5.10 Å². The third-order valence-corrected chi connectivity index (χ3v) is 1.38. The maximum absolute atomic E-state index is 11.8. The van der Waals surface area contributed by atoms with Crippen molar-refractivity contribution in [3.05, 3.63) is 12.7 Å². The monoisotopic (exact) mass is 219 g/mol. The highest BCUT2D eigenvalue weighted by atomic mass is 19.3. The Morgan fingerprint density at radius 2 is 2.20 bits per heavy atom. The Bertz CT molecular complexity index is 252. The number of amides is 1. The first kappa shape index (κ1) is 13.5. The van der Waals surface area contributed by atoms with Gasteiger partial charge in [0.05, 0.1) is 0 Å². The number of carbonyl (C=O) groups excluding carboxylic acids is 1. The molecule has 0 spiro atoms. The fraction of sp³-hybridized carbons (Fsp3) is 0.556. The maximum Gasteiger partial charge on any atom is 0.271 e. The van der Waals surface area contributed by atoms with Crippen molar-refractivity contribution >= 4 is 11.6 Å². The average molecular weight is 219 g/mol. The zero-order valence-corrected chi connectivity index (χ0v) is 8.83. The van der Waals surface area contributed by atoms with Gasteiger partial charge in [0.1, 0.15) is 5.71 Å². The summed E-state index contributed by atoms with van der Waals surface area (Å²) in [5.74, 6) is -0.501. The fourth-order valence-electron chi connectivity index (χ4n) is 0.780. The SMILES string of the molecule is C=C/C(=N\N(C)C)C(=O)NCCC(F)F. The van der Waals surface area contributed by atoms with Crippen molar-refractivity contribution in [2.24, 2.45) is 5.10 Å². The number of hydrogen-bond donors (Lipinski definition) is 1. The molecule has 0 aliphatic carbocycles. The summed E-state index contributed by atoms with van der Waals surface area (Å²) < 4.78 is 23.5. The molecule has 0 rings (SSSR count). The van der Waals surface area contributed by atoms with Gasteiger partial charge in [-0.05, 0) is 6.08 Å². The van der Waals surface area contributed by atoms with Gasteiger partial charge >= 0.3 is 0 Å². The molecule has 1 amide bonds. The topological polar surface area (TPSA) is 44.7 Å². The van der Waals surface area contributed by atoms with Crippen LogP contribution in [0.1, 0.15) is 6.42 Å². The highest BCUT2D eigenvalue weighted by molar-refractivity contribution is 6.43. The predicted octanol–water partition coefficient (Wildman–Crippen LogP) is 0.861. The van der Waals surface area contributed by atoms with Crippen LogP contribution in [-0.2, 0) is 4.79 Å². The van der Waals surface area contributed by atoms with E-state index in [1.54, 1.807) is 14.1 Å². The van der Waals surface area contributed by atoms with E-state index in [2.05, 4.69) is 17.0 Å². The molecule has 0 aromatic heterocycles. The molecule has 0 saturated carbocycles. The second kappa shape index (κ2) is 6.92. The molecule has 0 unspecified atom stereocenters. The lowest BCUT2D eigenvalue weighted by Gasteiger charge is -2.08. The van der Waals surface area contributed by atoms with Gasteiger partial charge in [-0.25, -0.2) is 8.78 Å². The summed E-state index contributed by atoms with van der Waals surface area (Å²) >= 11 is 0. The molecule has 1 N–H and O–H groups in total. The molecule has 0 aliphatic rings. The fourth-order valence-corrected chi connectivity index (χ4v) is 0.780. The summed E-state index contributed by atoms with van der Waals surface area (Å²) in [6.07, 6.45) is -1.50. The number of hydrogen-bond acceptors (Lipinski definition) is 3. The van der Waals surface area contributed by atoms with Crippen LogP contribution in [0, 0.1) is 0 Å². The average Bonchev–Trinajstić information content (AvgIpc) is 2.13. The smallest absolute Gasteiger partial charge is 0.271 e. The second-order valence-electron chi connectivity index (χ2n) is 2.97. The summed E-state index contributed by atoms with van der Waals surface area (Å²) in [4.78, 5) is 11.3. The van der Waals surface area contributed by atoms with Crippen LogP contribution in [0.3, 0.4) is 0 Å². The number of nitrogens with zero attached hydrogens (tertiary/aromatic N) is 2. The molecule has 0 aromatic carbocycles. The van der Waals surface area contributed by atoms with E-state index in [1.807, 2.05) is 0 Å². The number of alkyl halides is 2. The van der Waals surface area contributed by atoms with Crippen molar-refractivity contribution in [3.8, 4) is 0 Å². The Balaban J connectivity index is 4.12. The van der Waals surface area contributed by atoms with Crippen LogP contribution < -0.4 is 5.32 Å². The summed E-state index contributed by atoms with van der Waals surface area (Å²) in [7, 11) is 3.30. The van der Waals surface area contributed by atoms with Gasteiger partial charge in [0.25, 0.3) is 5.91 Å². The van der Waals surface area contributed by atoms with Gasteiger partial charge in [0.15, 0.2) is 0 Å². The first-order chi connectivity index (χ1) is 6.97. The van der Waals surface area contributed by atoms with E-state index in [0.29, 0.717) is 0 Å². The van der Waals surface area contributed by atoms with Crippen LogP contribution in [0.25, 0.3) is 0 Å². The van der Waals surface area contributed by atoms with Gasteiger partial charge in [-0.3, -0.25) is 4.79 Å². The number of carbonyl (C=O) groups is 1. The maximum atomic E-state index is 11.8. The number of rotatable bonds is 6. The Hall–Kier alpha value is -1.46. The third-order valence-electron chi connectivity index (χ3n) is 1.38. The van der Waals surface area contributed by atoms with Gasteiger partial charge in [0, 0.05) is 27.1 Å². The third kappa shape index (κ3) is 6.59. The van der Waals surface area contributed by atoms with Crippen molar-refractivity contribution in [1.29, 1.82) is 0 Å². The van der Waals surface area contributed by atoms with Gasteiger partial charge in [-0.15, -0.1) is 0 Å². The molecule has 0 fully saturated rings. The summed E-state index contributed by atoms with van der Waals surface area (Å²) in [5, 5.41) is 7.58. The first-order valence-electron chi connectivity index (χ1n) is 4.42. The molecule has 0 aliphatic heterocycles. The molecule has 0 heterocycles. The van der Waals surface area contributed by atoms with Gasteiger partial charge < -0.3 is 10.3 Å². The molecular weight excluding hydrogens is 204 g/mol. The zero-order valence-electron chi connectivity index (χ0n) is 8.83. The quantitative estimate of drug-likeness (QED) is 0.532. The highest BCUT2D eigenvalue weighted by Gasteiger charge is 2.09. The van der Waals surface area contributed by atoms with Crippen molar-refractivity contribution in [2.45, 2.75) is 12.8 Å². The molecule has 0 aromatic rings. The van der Waals surface area contributed by atoms with Crippen LogP contribution in [0.2, 0.25) is 0 Å². The number of nitrogens with one attached hydrogen (secondary N) is 1. The summed E-state index contributed by atoms with van der Waals surface area (Å²) in [6.45, 7) is 3.34. The normalized spacial score (nSPS) is 11.4. The molecule has 0 bridgehead atoms. The van der Waals surface area contributed by atoms with Crippen LogP contribution >= 0.6 is 0 Å². The van der Waals surface area contributed by atoms with E-state index < -0.39 is 12.3 Å². The zero-order chi connectivity index (χ0) is 11.8. The minimum absolute atomic E-state index is 0.0726. The first-order valence-corrected chi connectivity index (χ1v) is 4.42. The largest absolute Gasteiger partial charge is 0.350 e. The lowest BCUT2D eigenvalue weighted by molar-refractivity contribution is -0.114. The summed E-state index contributed by atoms with van der Waals surface area (Å²) in [6, 6.07) is 0. The Kier molecular flexibility index (Phi) is 6.24. The number of halogens is 2. The molecule has 0 radical (unpaired) electrons. The number of hydrazone groups is 1.